The van der Waals surface area contributed by atoms with Crippen molar-refractivity contribution in [2.45, 2.75) is 19.3 Å². The van der Waals surface area contributed by atoms with E-state index in [0.29, 0.717) is 13.1 Å². The van der Waals surface area contributed by atoms with Crippen molar-refractivity contribution < 1.29 is 14.3 Å². The average Bonchev–Trinajstić information content (AvgIpc) is 3.16. The van der Waals surface area contributed by atoms with E-state index in [9.17, 15) is 9.18 Å². The van der Waals surface area contributed by atoms with Crippen LogP contribution in [-0.4, -0.2) is 35.6 Å². The highest BCUT2D eigenvalue weighted by atomic mass is 19.1. The Balaban J connectivity index is 1.98. The molecule has 2 unspecified atom stereocenters. The van der Waals surface area contributed by atoms with Gasteiger partial charge in [-0.3, -0.25) is 4.79 Å². The SMILES string of the molecule is CCN(CCO)C(=O)C1CC1c1ccc(F)cc1. The van der Waals surface area contributed by atoms with Crippen molar-refractivity contribution in [2.75, 3.05) is 19.7 Å². The van der Waals surface area contributed by atoms with Gasteiger partial charge in [-0.25, -0.2) is 4.39 Å². The lowest BCUT2D eigenvalue weighted by Gasteiger charge is -2.19. The van der Waals surface area contributed by atoms with Crippen LogP contribution in [0.25, 0.3) is 0 Å². The van der Waals surface area contributed by atoms with E-state index in [1.807, 2.05) is 6.92 Å². The summed E-state index contributed by atoms with van der Waals surface area (Å²) in [5.74, 6) is 0.0615. The van der Waals surface area contributed by atoms with E-state index in [-0.39, 0.29) is 30.2 Å². The molecule has 1 aliphatic rings. The molecule has 2 rings (SSSR count). The number of amides is 1. The number of hydrogen-bond donors (Lipinski definition) is 1. The zero-order valence-electron chi connectivity index (χ0n) is 10.5. The molecule has 1 saturated carbocycles. The Morgan fingerprint density at radius 2 is 2.11 bits per heavy atom. The minimum absolute atomic E-state index is 0.00182. The van der Waals surface area contributed by atoms with Crippen LogP contribution in [0.4, 0.5) is 4.39 Å². The maximum atomic E-state index is 12.8. The maximum absolute atomic E-state index is 12.8. The van der Waals surface area contributed by atoms with Gasteiger partial charge in [0.15, 0.2) is 0 Å². The molecule has 0 aliphatic heterocycles. The molecule has 1 aliphatic carbocycles. The van der Waals surface area contributed by atoms with Crippen molar-refractivity contribution >= 4 is 5.91 Å². The Morgan fingerprint density at radius 1 is 1.44 bits per heavy atom. The van der Waals surface area contributed by atoms with E-state index in [1.54, 1.807) is 17.0 Å². The van der Waals surface area contributed by atoms with Crippen LogP contribution < -0.4 is 0 Å². The normalized spacial score (nSPS) is 21.7. The minimum Gasteiger partial charge on any atom is -0.395 e. The molecule has 0 saturated heterocycles. The summed E-state index contributed by atoms with van der Waals surface area (Å²) in [5, 5.41) is 8.90. The lowest BCUT2D eigenvalue weighted by molar-refractivity contribution is -0.133. The van der Waals surface area contributed by atoms with E-state index in [1.165, 1.54) is 12.1 Å². The number of carbonyl (C=O) groups excluding carboxylic acids is 1. The first-order valence-corrected chi connectivity index (χ1v) is 6.32. The Hall–Kier alpha value is -1.42. The van der Waals surface area contributed by atoms with Gasteiger partial charge in [-0.05, 0) is 37.0 Å². The number of hydrogen-bond acceptors (Lipinski definition) is 2. The number of likely N-dealkylation sites (N-methyl/N-ethyl adjacent to an activating group) is 1. The highest BCUT2D eigenvalue weighted by Gasteiger charge is 2.45. The van der Waals surface area contributed by atoms with Crippen LogP contribution in [0.2, 0.25) is 0 Å². The fourth-order valence-corrected chi connectivity index (χ4v) is 2.33. The molecule has 2 atom stereocenters. The molecule has 18 heavy (non-hydrogen) atoms. The van der Waals surface area contributed by atoms with Crippen LogP contribution in [0.1, 0.15) is 24.8 Å². The second-order valence-electron chi connectivity index (χ2n) is 4.64. The van der Waals surface area contributed by atoms with Gasteiger partial charge in [-0.2, -0.15) is 0 Å². The summed E-state index contributed by atoms with van der Waals surface area (Å²) in [4.78, 5) is 13.8. The van der Waals surface area contributed by atoms with Gasteiger partial charge in [-0.15, -0.1) is 0 Å². The van der Waals surface area contributed by atoms with E-state index < -0.39 is 0 Å². The summed E-state index contributed by atoms with van der Waals surface area (Å²) in [6, 6.07) is 6.35. The van der Waals surface area contributed by atoms with Crippen LogP contribution in [0.3, 0.4) is 0 Å². The van der Waals surface area contributed by atoms with Crippen molar-refractivity contribution in [1.29, 1.82) is 0 Å². The van der Waals surface area contributed by atoms with Crippen molar-refractivity contribution in [3.63, 3.8) is 0 Å². The summed E-state index contributed by atoms with van der Waals surface area (Å²) in [5.41, 5.74) is 1.02. The van der Waals surface area contributed by atoms with Crippen LogP contribution in [-0.2, 0) is 4.79 Å². The molecule has 0 aromatic heterocycles. The molecule has 1 fully saturated rings. The molecular formula is C14H18FNO2. The second-order valence-corrected chi connectivity index (χ2v) is 4.64. The predicted octanol–water partition coefficient (Wildman–Crippen LogP) is 1.77. The number of carbonyl (C=O) groups is 1. The third-order valence-corrected chi connectivity index (χ3v) is 3.47. The molecule has 4 heteroatoms. The van der Waals surface area contributed by atoms with Crippen molar-refractivity contribution in [3.8, 4) is 0 Å². The second kappa shape index (κ2) is 5.48. The van der Waals surface area contributed by atoms with Gasteiger partial charge in [0.2, 0.25) is 5.91 Å². The molecule has 1 aromatic carbocycles. The van der Waals surface area contributed by atoms with Gasteiger partial charge in [0, 0.05) is 19.0 Å². The third-order valence-electron chi connectivity index (χ3n) is 3.47. The first-order chi connectivity index (χ1) is 8.67. The molecule has 0 spiro atoms. The molecule has 1 amide bonds. The molecular weight excluding hydrogens is 233 g/mol. The predicted molar refractivity (Wildman–Crippen MR) is 66.6 cm³/mol. The lowest BCUT2D eigenvalue weighted by Crippen LogP contribution is -2.34. The van der Waals surface area contributed by atoms with E-state index in [2.05, 4.69) is 0 Å². The van der Waals surface area contributed by atoms with Crippen LogP contribution in [0.15, 0.2) is 24.3 Å². The van der Waals surface area contributed by atoms with Gasteiger partial charge in [0.25, 0.3) is 0 Å². The summed E-state index contributed by atoms with van der Waals surface area (Å²) in [7, 11) is 0. The van der Waals surface area contributed by atoms with Crippen LogP contribution in [0, 0.1) is 11.7 Å². The van der Waals surface area contributed by atoms with Gasteiger partial charge < -0.3 is 10.0 Å². The van der Waals surface area contributed by atoms with E-state index in [4.69, 9.17) is 5.11 Å². The fourth-order valence-electron chi connectivity index (χ4n) is 2.33. The monoisotopic (exact) mass is 251 g/mol. The Morgan fingerprint density at radius 3 is 2.67 bits per heavy atom. The van der Waals surface area contributed by atoms with E-state index in [0.717, 1.165) is 12.0 Å². The number of halogens is 1. The lowest BCUT2D eigenvalue weighted by atomic mass is 10.1. The fraction of sp³-hybridized carbons (Fsp3) is 0.500. The molecule has 0 bridgehead atoms. The average molecular weight is 251 g/mol. The van der Waals surface area contributed by atoms with Crippen molar-refractivity contribution in [2.24, 2.45) is 5.92 Å². The first-order valence-electron chi connectivity index (χ1n) is 6.32. The van der Waals surface area contributed by atoms with Gasteiger partial charge in [0.1, 0.15) is 5.82 Å². The topological polar surface area (TPSA) is 40.5 Å². The van der Waals surface area contributed by atoms with E-state index >= 15 is 0 Å². The molecule has 3 nitrogen and oxygen atoms in total. The summed E-state index contributed by atoms with van der Waals surface area (Å²) in [6.45, 7) is 2.91. The van der Waals surface area contributed by atoms with Crippen LogP contribution in [0.5, 0.6) is 0 Å². The van der Waals surface area contributed by atoms with Crippen LogP contribution >= 0.6 is 0 Å². The zero-order valence-corrected chi connectivity index (χ0v) is 10.5. The Bertz CT molecular complexity index is 418. The summed E-state index contributed by atoms with van der Waals surface area (Å²) < 4.78 is 12.8. The third kappa shape index (κ3) is 2.70. The molecule has 1 aromatic rings. The smallest absolute Gasteiger partial charge is 0.226 e. The largest absolute Gasteiger partial charge is 0.395 e. The van der Waals surface area contributed by atoms with Gasteiger partial charge >= 0.3 is 0 Å². The highest BCUT2D eigenvalue weighted by molar-refractivity contribution is 5.83. The van der Waals surface area contributed by atoms with Crippen molar-refractivity contribution in [3.05, 3.63) is 35.6 Å². The quantitative estimate of drug-likeness (QED) is 0.866. The molecule has 0 heterocycles. The molecule has 98 valence electrons. The standard InChI is InChI=1S/C14H18FNO2/c1-2-16(7-8-17)14(18)13-9-12(13)10-3-5-11(15)6-4-10/h3-6,12-13,17H,2,7-9H2,1H3. The highest BCUT2D eigenvalue weighted by Crippen LogP contribution is 2.48. The Kier molecular flexibility index (Phi) is 3.97. The van der Waals surface area contributed by atoms with Crippen molar-refractivity contribution in [1.82, 2.24) is 4.90 Å². The van der Waals surface area contributed by atoms with Gasteiger partial charge in [0.05, 0.1) is 6.61 Å². The Labute approximate surface area is 106 Å². The number of aliphatic hydroxyl groups is 1. The summed E-state index contributed by atoms with van der Waals surface area (Å²) >= 11 is 0. The minimum atomic E-state index is -0.252. The van der Waals surface area contributed by atoms with Gasteiger partial charge in [-0.1, -0.05) is 12.1 Å². The number of rotatable bonds is 5. The zero-order chi connectivity index (χ0) is 13.1. The number of nitrogens with zero attached hydrogens (tertiary/aromatic N) is 1. The number of aliphatic hydroxyl groups excluding tert-OH is 1. The maximum Gasteiger partial charge on any atom is 0.226 e. The molecule has 0 radical (unpaired) electrons. The number of benzene rings is 1. The summed E-state index contributed by atoms with van der Waals surface area (Å²) in [6.07, 6.45) is 0.826. The first kappa shape index (κ1) is 13.0. The molecule has 1 N–H and O–H groups in total.